The molecule has 1 atom stereocenters. The smallest absolute Gasteiger partial charge is 0.317 e. The molecule has 0 spiro atoms. The van der Waals surface area contributed by atoms with Gasteiger partial charge in [0.05, 0.1) is 6.54 Å². The van der Waals surface area contributed by atoms with Gasteiger partial charge in [-0.3, -0.25) is 4.90 Å². The molecule has 0 saturated carbocycles. The third-order valence-corrected chi connectivity index (χ3v) is 5.03. The van der Waals surface area contributed by atoms with E-state index in [1.807, 2.05) is 25.2 Å². The molecule has 1 heterocycles. The Kier molecular flexibility index (Phi) is 8.06. The van der Waals surface area contributed by atoms with Crippen molar-refractivity contribution in [2.24, 2.45) is 0 Å². The van der Waals surface area contributed by atoms with Crippen LogP contribution >= 0.6 is 0 Å². The fourth-order valence-corrected chi connectivity index (χ4v) is 3.38. The Hall–Kier alpha value is -1.75. The van der Waals surface area contributed by atoms with Crippen molar-refractivity contribution < 1.29 is 9.53 Å². The number of ether oxygens (including phenoxy) is 1. The molecule has 1 fully saturated rings. The van der Waals surface area contributed by atoms with Gasteiger partial charge in [0.1, 0.15) is 12.4 Å². The van der Waals surface area contributed by atoms with Gasteiger partial charge in [0, 0.05) is 19.6 Å². The minimum Gasteiger partial charge on any atom is -0.491 e. The van der Waals surface area contributed by atoms with E-state index in [2.05, 4.69) is 30.1 Å². The van der Waals surface area contributed by atoms with Gasteiger partial charge < -0.3 is 15.0 Å². The summed E-state index contributed by atoms with van der Waals surface area (Å²) in [7, 11) is 1.82. The van der Waals surface area contributed by atoms with Crippen LogP contribution in [0.2, 0.25) is 0 Å². The predicted octanol–water partition coefficient (Wildman–Crippen LogP) is 3.14. The van der Waals surface area contributed by atoms with Gasteiger partial charge in [-0.1, -0.05) is 38.5 Å². The molecule has 1 aliphatic rings. The zero-order valence-electron chi connectivity index (χ0n) is 16.0. The van der Waals surface area contributed by atoms with Gasteiger partial charge in [-0.05, 0) is 44.0 Å². The molecule has 0 aliphatic carbocycles. The summed E-state index contributed by atoms with van der Waals surface area (Å²) in [6.45, 7) is 8.33. The summed E-state index contributed by atoms with van der Waals surface area (Å²) in [5, 5.41) is 3.08. The van der Waals surface area contributed by atoms with Crippen LogP contribution in [0.4, 0.5) is 4.79 Å². The van der Waals surface area contributed by atoms with Crippen LogP contribution in [0.15, 0.2) is 24.3 Å². The third-order valence-electron chi connectivity index (χ3n) is 5.03. The van der Waals surface area contributed by atoms with Gasteiger partial charge in [-0.15, -0.1) is 0 Å². The second kappa shape index (κ2) is 10.3. The van der Waals surface area contributed by atoms with E-state index >= 15 is 0 Å². The Morgan fingerprint density at radius 1 is 1.32 bits per heavy atom. The average molecular weight is 348 g/mol. The molecule has 1 N–H and O–H groups in total. The maximum absolute atomic E-state index is 12.3. The Morgan fingerprint density at radius 3 is 2.88 bits per heavy atom. The maximum atomic E-state index is 12.3. The summed E-state index contributed by atoms with van der Waals surface area (Å²) >= 11 is 0. The van der Waals surface area contributed by atoms with Gasteiger partial charge in [0.2, 0.25) is 0 Å². The maximum Gasteiger partial charge on any atom is 0.317 e. The van der Waals surface area contributed by atoms with Crippen LogP contribution in [0.5, 0.6) is 5.75 Å². The highest BCUT2D eigenvalue weighted by Crippen LogP contribution is 2.18. The first-order chi connectivity index (χ1) is 12.2. The van der Waals surface area contributed by atoms with E-state index in [9.17, 15) is 4.79 Å². The molecule has 25 heavy (non-hydrogen) atoms. The number of benzene rings is 1. The van der Waals surface area contributed by atoms with Crippen LogP contribution in [-0.2, 0) is 6.42 Å². The van der Waals surface area contributed by atoms with Crippen molar-refractivity contribution in [2.45, 2.75) is 45.6 Å². The summed E-state index contributed by atoms with van der Waals surface area (Å²) in [5.74, 6) is 0.916. The van der Waals surface area contributed by atoms with Crippen molar-refractivity contribution in [1.29, 1.82) is 0 Å². The van der Waals surface area contributed by atoms with Gasteiger partial charge in [0.25, 0.3) is 0 Å². The zero-order chi connectivity index (χ0) is 18.1. The summed E-state index contributed by atoms with van der Waals surface area (Å²) in [6.07, 6.45) is 4.66. The highest BCUT2D eigenvalue weighted by Gasteiger charge is 2.21. The topological polar surface area (TPSA) is 44.8 Å². The standard InChI is InChI=1S/C20H33N3O2/c1-4-17-10-6-7-12-19(17)25-15-14-22(3)20(24)21-16-18-11-8-9-13-23(18)5-2/h6-7,10,12,18H,4-5,8-9,11,13-16H2,1-3H3,(H,21,24)/t18-/m0/s1. The number of aryl methyl sites for hydroxylation is 1. The largest absolute Gasteiger partial charge is 0.491 e. The van der Waals surface area contributed by atoms with E-state index in [0.29, 0.717) is 19.2 Å². The molecular weight excluding hydrogens is 314 g/mol. The lowest BCUT2D eigenvalue weighted by Gasteiger charge is -2.35. The molecule has 0 aromatic heterocycles. The zero-order valence-corrected chi connectivity index (χ0v) is 16.0. The number of rotatable bonds is 8. The number of nitrogens with one attached hydrogen (secondary N) is 1. The number of hydrogen-bond acceptors (Lipinski definition) is 3. The van der Waals surface area contributed by atoms with E-state index in [-0.39, 0.29) is 6.03 Å². The van der Waals surface area contributed by atoms with Crippen LogP contribution in [0, 0.1) is 0 Å². The fourth-order valence-electron chi connectivity index (χ4n) is 3.38. The van der Waals surface area contributed by atoms with E-state index in [4.69, 9.17) is 4.74 Å². The normalized spacial score (nSPS) is 18.0. The van der Waals surface area contributed by atoms with Crippen LogP contribution < -0.4 is 10.1 Å². The van der Waals surface area contributed by atoms with Gasteiger partial charge in [-0.2, -0.15) is 0 Å². The Balaban J connectivity index is 1.71. The summed E-state index contributed by atoms with van der Waals surface area (Å²) in [6, 6.07) is 8.53. The van der Waals surface area contributed by atoms with Gasteiger partial charge in [0.15, 0.2) is 0 Å². The van der Waals surface area contributed by atoms with Gasteiger partial charge in [-0.25, -0.2) is 4.79 Å². The summed E-state index contributed by atoms with van der Waals surface area (Å²) in [4.78, 5) is 16.5. The molecule has 1 aromatic carbocycles. The monoisotopic (exact) mass is 347 g/mol. The van der Waals surface area contributed by atoms with Crippen LogP contribution in [-0.4, -0.2) is 61.7 Å². The van der Waals surface area contributed by atoms with E-state index < -0.39 is 0 Å². The lowest BCUT2D eigenvalue weighted by atomic mass is 10.0. The minimum atomic E-state index is -0.0194. The highest BCUT2D eigenvalue weighted by atomic mass is 16.5. The van der Waals surface area contributed by atoms with Crippen molar-refractivity contribution >= 4 is 6.03 Å². The van der Waals surface area contributed by atoms with E-state index in [0.717, 1.165) is 31.8 Å². The predicted molar refractivity (Wildman–Crippen MR) is 102 cm³/mol. The first-order valence-corrected chi connectivity index (χ1v) is 9.59. The van der Waals surface area contributed by atoms with E-state index in [1.165, 1.54) is 24.8 Å². The molecule has 5 nitrogen and oxygen atoms in total. The molecule has 0 unspecified atom stereocenters. The van der Waals surface area contributed by atoms with Crippen molar-refractivity contribution in [1.82, 2.24) is 15.1 Å². The highest BCUT2D eigenvalue weighted by molar-refractivity contribution is 5.73. The number of likely N-dealkylation sites (tertiary alicyclic amines) is 1. The van der Waals surface area contributed by atoms with Crippen LogP contribution in [0.1, 0.15) is 38.7 Å². The molecule has 1 aliphatic heterocycles. The first kappa shape index (κ1) is 19.6. The molecule has 140 valence electrons. The van der Waals surface area contributed by atoms with Gasteiger partial charge >= 0.3 is 6.03 Å². The van der Waals surface area contributed by atoms with Crippen LogP contribution in [0.3, 0.4) is 0 Å². The molecule has 2 rings (SSSR count). The second-order valence-electron chi connectivity index (χ2n) is 6.70. The van der Waals surface area contributed by atoms with Crippen molar-refractivity contribution in [3.05, 3.63) is 29.8 Å². The molecule has 5 heteroatoms. The number of likely N-dealkylation sites (N-methyl/N-ethyl adjacent to an activating group) is 2. The molecule has 0 radical (unpaired) electrons. The molecule has 1 saturated heterocycles. The average Bonchev–Trinajstić information content (AvgIpc) is 2.66. The summed E-state index contributed by atoms with van der Waals surface area (Å²) < 4.78 is 5.85. The Bertz CT molecular complexity index is 535. The summed E-state index contributed by atoms with van der Waals surface area (Å²) in [5.41, 5.74) is 1.20. The lowest BCUT2D eigenvalue weighted by molar-refractivity contribution is 0.148. The Labute approximate surface area is 152 Å². The lowest BCUT2D eigenvalue weighted by Crippen LogP contribution is -2.49. The number of urea groups is 1. The molecule has 2 amide bonds. The number of nitrogens with zero attached hydrogens (tertiary/aromatic N) is 2. The van der Waals surface area contributed by atoms with Crippen molar-refractivity contribution in [2.75, 3.05) is 39.8 Å². The Morgan fingerprint density at radius 2 is 2.12 bits per heavy atom. The van der Waals surface area contributed by atoms with Crippen molar-refractivity contribution in [3.63, 3.8) is 0 Å². The third kappa shape index (κ3) is 5.92. The number of piperidine rings is 1. The fraction of sp³-hybridized carbons (Fsp3) is 0.650. The molecular formula is C20H33N3O2. The SMILES string of the molecule is CCc1ccccc1OCCN(C)C(=O)NC[C@@H]1CCCCN1CC. The molecule has 0 bridgehead atoms. The number of para-hydroxylation sites is 1. The van der Waals surface area contributed by atoms with Crippen molar-refractivity contribution in [3.8, 4) is 5.75 Å². The van der Waals surface area contributed by atoms with E-state index in [1.54, 1.807) is 4.90 Å². The number of amides is 2. The second-order valence-corrected chi connectivity index (χ2v) is 6.70. The molecule has 1 aromatic rings. The minimum absolute atomic E-state index is 0.0194. The van der Waals surface area contributed by atoms with Crippen LogP contribution in [0.25, 0.3) is 0 Å². The number of hydrogen-bond donors (Lipinski definition) is 1. The number of carbonyl (C=O) groups excluding carboxylic acids is 1. The first-order valence-electron chi connectivity index (χ1n) is 9.59. The number of carbonyl (C=O) groups is 1. The quantitative estimate of drug-likeness (QED) is 0.786.